The number of benzene rings is 3. The van der Waals surface area contributed by atoms with E-state index in [9.17, 15) is 14.7 Å². The third kappa shape index (κ3) is 11.5. The first-order valence-corrected chi connectivity index (χ1v) is 16.5. The second-order valence-corrected chi connectivity index (χ2v) is 11.8. The molecule has 3 aromatic carbocycles. The summed E-state index contributed by atoms with van der Waals surface area (Å²) in [5, 5.41) is 9.47. The number of phenols is 1. The van der Waals surface area contributed by atoms with Gasteiger partial charge in [-0.2, -0.15) is 0 Å². The number of hydrogen-bond acceptors (Lipinski definition) is 6. The van der Waals surface area contributed by atoms with Gasteiger partial charge in [0.1, 0.15) is 16.9 Å². The molecule has 0 fully saturated rings. The molecule has 238 valence electrons. The molecular weight excluding hydrogens is 576 g/mol. The smallest absolute Gasteiger partial charge is 0.343 e. The summed E-state index contributed by atoms with van der Waals surface area (Å²) in [6, 6.07) is 19.1. The Morgan fingerprint density at radius 1 is 0.727 bits per heavy atom. The molecule has 0 saturated heterocycles. The van der Waals surface area contributed by atoms with E-state index >= 15 is 0 Å². The van der Waals surface area contributed by atoms with E-state index in [-0.39, 0.29) is 23.0 Å². The van der Waals surface area contributed by atoms with Crippen LogP contribution in [0.3, 0.4) is 0 Å². The molecule has 0 aromatic heterocycles. The van der Waals surface area contributed by atoms with Crippen LogP contribution in [0.15, 0.2) is 66.7 Å². The number of aromatic hydroxyl groups is 1. The SMILES string of the molecule is CCCCCCCCCCCCOc1ccc(-c2ccc(OC(=O)c3ccc(OC(=O)[C@@H](Cl)[C@@H](C)CC)c(O)c3)cc2)cc1. The monoisotopic (exact) mass is 622 g/mol. The van der Waals surface area contributed by atoms with Gasteiger partial charge in [0.2, 0.25) is 0 Å². The van der Waals surface area contributed by atoms with Gasteiger partial charge in [-0.05, 0) is 65.9 Å². The Hall–Kier alpha value is -3.51. The third-order valence-corrected chi connectivity index (χ3v) is 8.40. The van der Waals surface area contributed by atoms with Crippen molar-refractivity contribution >= 4 is 23.5 Å². The van der Waals surface area contributed by atoms with E-state index in [0.717, 1.165) is 29.9 Å². The summed E-state index contributed by atoms with van der Waals surface area (Å²) >= 11 is 6.13. The maximum absolute atomic E-state index is 12.7. The lowest BCUT2D eigenvalue weighted by Gasteiger charge is -2.15. The lowest BCUT2D eigenvalue weighted by atomic mass is 10.1. The summed E-state index contributed by atoms with van der Waals surface area (Å²) in [4.78, 5) is 24.9. The standard InChI is InChI=1S/C37H47ClO6/c1-4-6-7-8-9-10-11-12-13-14-25-42-31-20-15-28(16-21-31)29-17-22-32(23-18-29)43-36(40)30-19-24-34(33(39)26-30)44-37(41)35(38)27(3)5-2/h15-24,26-27,35,39H,4-14,25H2,1-3H3/t27-,35-/m0/s1. The van der Waals surface area contributed by atoms with Gasteiger partial charge in [0.15, 0.2) is 11.5 Å². The van der Waals surface area contributed by atoms with Crippen molar-refractivity contribution in [2.45, 2.75) is 96.8 Å². The zero-order valence-electron chi connectivity index (χ0n) is 26.4. The molecular formula is C37H47ClO6. The Bertz CT molecular complexity index is 1290. The molecule has 0 aliphatic carbocycles. The molecule has 0 aliphatic heterocycles. The number of rotatable bonds is 19. The topological polar surface area (TPSA) is 82.1 Å². The van der Waals surface area contributed by atoms with Crippen LogP contribution < -0.4 is 14.2 Å². The zero-order valence-corrected chi connectivity index (χ0v) is 27.1. The molecule has 2 atom stereocenters. The molecule has 0 radical (unpaired) electrons. The molecule has 3 aromatic rings. The van der Waals surface area contributed by atoms with Gasteiger partial charge in [0, 0.05) is 0 Å². The number of alkyl halides is 1. The Morgan fingerprint density at radius 3 is 1.82 bits per heavy atom. The van der Waals surface area contributed by atoms with Gasteiger partial charge in [0.05, 0.1) is 12.2 Å². The minimum atomic E-state index is -0.836. The van der Waals surface area contributed by atoms with Crippen LogP contribution in [0.2, 0.25) is 0 Å². The molecule has 6 nitrogen and oxygen atoms in total. The Kier molecular flexibility index (Phi) is 15.1. The highest BCUT2D eigenvalue weighted by molar-refractivity contribution is 6.30. The Labute approximate surface area is 267 Å². The second-order valence-electron chi connectivity index (χ2n) is 11.4. The van der Waals surface area contributed by atoms with Crippen molar-refractivity contribution in [3.63, 3.8) is 0 Å². The number of halogens is 1. The number of ether oxygens (including phenoxy) is 3. The Balaban J connectivity index is 1.41. The normalized spacial score (nSPS) is 12.4. The number of hydrogen-bond donors (Lipinski definition) is 1. The molecule has 0 aliphatic rings. The average Bonchev–Trinajstić information content (AvgIpc) is 3.04. The average molecular weight is 623 g/mol. The summed E-state index contributed by atoms with van der Waals surface area (Å²) in [7, 11) is 0. The molecule has 0 saturated carbocycles. The van der Waals surface area contributed by atoms with Crippen LogP contribution in [-0.2, 0) is 4.79 Å². The van der Waals surface area contributed by atoms with Gasteiger partial charge < -0.3 is 19.3 Å². The first kappa shape index (κ1) is 35.0. The highest BCUT2D eigenvalue weighted by Gasteiger charge is 2.24. The summed E-state index contributed by atoms with van der Waals surface area (Å²) in [6.45, 7) is 6.75. The summed E-state index contributed by atoms with van der Waals surface area (Å²) in [6.07, 6.45) is 13.7. The van der Waals surface area contributed by atoms with Crippen LogP contribution in [0, 0.1) is 5.92 Å². The summed E-state index contributed by atoms with van der Waals surface area (Å²) in [5.74, 6) is -0.583. The molecule has 44 heavy (non-hydrogen) atoms. The number of esters is 2. The van der Waals surface area contributed by atoms with Gasteiger partial charge in [-0.1, -0.05) is 109 Å². The fraction of sp³-hybridized carbons (Fsp3) is 0.459. The summed E-state index contributed by atoms with van der Waals surface area (Å²) in [5.41, 5.74) is 2.12. The summed E-state index contributed by atoms with van der Waals surface area (Å²) < 4.78 is 16.6. The van der Waals surface area contributed by atoms with Crippen molar-refractivity contribution in [2.75, 3.05) is 6.61 Å². The predicted octanol–water partition coefficient (Wildman–Crippen LogP) is 10.1. The van der Waals surface area contributed by atoms with E-state index < -0.39 is 17.3 Å². The van der Waals surface area contributed by atoms with E-state index in [4.69, 9.17) is 25.8 Å². The fourth-order valence-corrected chi connectivity index (χ4v) is 4.96. The van der Waals surface area contributed by atoms with Crippen LogP contribution in [0.25, 0.3) is 11.1 Å². The maximum Gasteiger partial charge on any atom is 0.343 e. The van der Waals surface area contributed by atoms with Crippen LogP contribution in [0.1, 0.15) is 102 Å². The lowest BCUT2D eigenvalue weighted by Crippen LogP contribution is -2.26. The van der Waals surface area contributed by atoms with Crippen molar-refractivity contribution in [1.29, 1.82) is 0 Å². The molecule has 0 spiro atoms. The van der Waals surface area contributed by atoms with E-state index in [1.165, 1.54) is 76.0 Å². The van der Waals surface area contributed by atoms with Crippen LogP contribution in [-0.4, -0.2) is 29.0 Å². The van der Waals surface area contributed by atoms with Crippen LogP contribution >= 0.6 is 11.6 Å². The van der Waals surface area contributed by atoms with Gasteiger partial charge in [0.25, 0.3) is 0 Å². The number of phenolic OH excluding ortho intramolecular Hbond substituents is 1. The second kappa shape index (κ2) is 19.0. The minimum absolute atomic E-state index is 0.0694. The molecule has 0 bridgehead atoms. The zero-order chi connectivity index (χ0) is 31.7. The van der Waals surface area contributed by atoms with Crippen molar-refractivity contribution in [3.8, 4) is 34.1 Å². The van der Waals surface area contributed by atoms with Gasteiger partial charge in [-0.15, -0.1) is 11.6 Å². The quantitative estimate of drug-likeness (QED) is 0.0620. The highest BCUT2D eigenvalue weighted by Crippen LogP contribution is 2.30. The maximum atomic E-state index is 12.7. The predicted molar refractivity (Wildman–Crippen MR) is 177 cm³/mol. The Morgan fingerprint density at radius 2 is 1.27 bits per heavy atom. The molecule has 0 amide bonds. The molecule has 0 unspecified atom stereocenters. The van der Waals surface area contributed by atoms with Crippen molar-refractivity contribution in [3.05, 3.63) is 72.3 Å². The number of carbonyl (C=O) groups is 2. The fourth-order valence-electron chi connectivity index (χ4n) is 4.74. The number of unbranched alkanes of at least 4 members (excludes halogenated alkanes) is 9. The lowest BCUT2D eigenvalue weighted by molar-refractivity contribution is -0.135. The van der Waals surface area contributed by atoms with Gasteiger partial charge in [-0.25, -0.2) is 4.79 Å². The van der Waals surface area contributed by atoms with Gasteiger partial charge >= 0.3 is 11.9 Å². The third-order valence-electron chi connectivity index (χ3n) is 7.79. The molecule has 0 heterocycles. The van der Waals surface area contributed by atoms with Crippen molar-refractivity contribution in [1.82, 2.24) is 0 Å². The molecule has 3 rings (SSSR count). The van der Waals surface area contributed by atoms with Gasteiger partial charge in [-0.3, -0.25) is 4.79 Å². The largest absolute Gasteiger partial charge is 0.504 e. The van der Waals surface area contributed by atoms with E-state index in [1.807, 2.05) is 50.2 Å². The first-order valence-electron chi connectivity index (χ1n) is 16.1. The highest BCUT2D eigenvalue weighted by atomic mass is 35.5. The minimum Gasteiger partial charge on any atom is -0.504 e. The van der Waals surface area contributed by atoms with Crippen LogP contribution in [0.4, 0.5) is 0 Å². The van der Waals surface area contributed by atoms with E-state index in [2.05, 4.69) is 6.92 Å². The van der Waals surface area contributed by atoms with E-state index in [0.29, 0.717) is 12.2 Å². The van der Waals surface area contributed by atoms with Crippen molar-refractivity contribution in [2.24, 2.45) is 5.92 Å². The first-order chi connectivity index (χ1) is 21.3. The molecule has 1 N–H and O–H groups in total. The van der Waals surface area contributed by atoms with Crippen molar-refractivity contribution < 1.29 is 28.9 Å². The number of carbonyl (C=O) groups excluding carboxylic acids is 2. The molecule has 7 heteroatoms. The van der Waals surface area contributed by atoms with E-state index in [1.54, 1.807) is 12.1 Å². The van der Waals surface area contributed by atoms with Crippen LogP contribution in [0.5, 0.6) is 23.0 Å².